The SMILES string of the molecule is CC(C)(C)OC(=O)N1CCN(CCCn2cnc3c(-c4cnc(N)nc4)nc(N4CCOCC4)nc32)CC1. The monoisotopic (exact) mass is 524 g/mol. The first-order chi connectivity index (χ1) is 18.3. The molecule has 38 heavy (non-hydrogen) atoms. The van der Waals surface area contributed by atoms with Gasteiger partial charge in [0.1, 0.15) is 16.8 Å². The lowest BCUT2D eigenvalue weighted by molar-refractivity contribution is 0.0144. The number of amides is 1. The van der Waals surface area contributed by atoms with Gasteiger partial charge in [-0.15, -0.1) is 0 Å². The summed E-state index contributed by atoms with van der Waals surface area (Å²) in [7, 11) is 0. The number of hydrogen-bond acceptors (Lipinski definition) is 11. The van der Waals surface area contributed by atoms with Gasteiger partial charge in [-0.25, -0.2) is 24.7 Å². The Morgan fingerprint density at radius 2 is 1.71 bits per heavy atom. The number of rotatable bonds is 6. The Kier molecular flexibility index (Phi) is 7.56. The molecule has 0 atom stereocenters. The summed E-state index contributed by atoms with van der Waals surface area (Å²) in [5, 5.41) is 0. The Hall–Kier alpha value is -3.58. The van der Waals surface area contributed by atoms with E-state index in [1.807, 2.05) is 27.1 Å². The van der Waals surface area contributed by atoms with Crippen molar-refractivity contribution in [3.05, 3.63) is 18.7 Å². The van der Waals surface area contributed by atoms with E-state index in [2.05, 4.69) is 29.3 Å². The van der Waals surface area contributed by atoms with E-state index in [0.29, 0.717) is 43.5 Å². The molecule has 0 aliphatic carbocycles. The van der Waals surface area contributed by atoms with Gasteiger partial charge in [0.05, 0.1) is 19.5 Å². The topological polar surface area (TPSA) is 141 Å². The van der Waals surface area contributed by atoms with Crippen molar-refractivity contribution in [1.29, 1.82) is 0 Å². The summed E-state index contributed by atoms with van der Waals surface area (Å²) >= 11 is 0. The number of anilines is 2. The number of carbonyl (C=O) groups is 1. The van der Waals surface area contributed by atoms with Crippen LogP contribution in [0.3, 0.4) is 0 Å². The number of nitrogens with two attached hydrogens (primary N) is 1. The summed E-state index contributed by atoms with van der Waals surface area (Å²) in [4.78, 5) is 41.4. The number of nitrogen functional groups attached to an aromatic ring is 1. The highest BCUT2D eigenvalue weighted by Gasteiger charge is 2.26. The maximum Gasteiger partial charge on any atom is 0.410 e. The molecule has 2 aliphatic rings. The minimum Gasteiger partial charge on any atom is -0.444 e. The Morgan fingerprint density at radius 1 is 1.00 bits per heavy atom. The average molecular weight is 525 g/mol. The molecule has 0 spiro atoms. The van der Waals surface area contributed by atoms with Gasteiger partial charge < -0.3 is 29.6 Å². The van der Waals surface area contributed by atoms with E-state index in [9.17, 15) is 4.79 Å². The molecule has 2 fully saturated rings. The molecule has 5 rings (SSSR count). The fourth-order valence-corrected chi connectivity index (χ4v) is 4.61. The van der Waals surface area contributed by atoms with E-state index in [-0.39, 0.29) is 12.0 Å². The predicted molar refractivity (Wildman–Crippen MR) is 143 cm³/mol. The van der Waals surface area contributed by atoms with Crippen LogP contribution in [0.2, 0.25) is 0 Å². The van der Waals surface area contributed by atoms with Crippen LogP contribution < -0.4 is 10.6 Å². The highest BCUT2D eigenvalue weighted by atomic mass is 16.6. The summed E-state index contributed by atoms with van der Waals surface area (Å²) in [6.07, 6.45) is 5.85. The van der Waals surface area contributed by atoms with Crippen molar-refractivity contribution >= 4 is 29.2 Å². The predicted octanol–water partition coefficient (Wildman–Crippen LogP) is 1.64. The molecule has 2 saturated heterocycles. The summed E-state index contributed by atoms with van der Waals surface area (Å²) < 4.78 is 13.1. The lowest BCUT2D eigenvalue weighted by Gasteiger charge is -2.35. The summed E-state index contributed by atoms with van der Waals surface area (Å²) in [6, 6.07) is 0. The molecule has 3 aromatic rings. The van der Waals surface area contributed by atoms with Crippen molar-refractivity contribution < 1.29 is 14.3 Å². The van der Waals surface area contributed by atoms with Gasteiger partial charge in [-0.1, -0.05) is 0 Å². The minimum atomic E-state index is -0.478. The van der Waals surface area contributed by atoms with Gasteiger partial charge in [-0.3, -0.25) is 4.90 Å². The molecular formula is C25H36N10O3. The van der Waals surface area contributed by atoms with E-state index in [1.54, 1.807) is 17.3 Å². The third kappa shape index (κ3) is 6.10. The van der Waals surface area contributed by atoms with Gasteiger partial charge in [0.2, 0.25) is 11.9 Å². The molecule has 0 saturated carbocycles. The van der Waals surface area contributed by atoms with Crippen LogP contribution >= 0.6 is 0 Å². The number of nitrogens with zero attached hydrogens (tertiary/aromatic N) is 9. The van der Waals surface area contributed by atoms with Crippen LogP contribution in [0.1, 0.15) is 27.2 Å². The molecular weight excluding hydrogens is 488 g/mol. The van der Waals surface area contributed by atoms with Crippen LogP contribution in [0, 0.1) is 0 Å². The van der Waals surface area contributed by atoms with Gasteiger partial charge in [0, 0.05) is 63.8 Å². The number of piperazine rings is 1. The number of hydrogen-bond donors (Lipinski definition) is 1. The molecule has 0 radical (unpaired) electrons. The normalized spacial score (nSPS) is 17.2. The van der Waals surface area contributed by atoms with Gasteiger partial charge in [-0.2, -0.15) is 4.98 Å². The minimum absolute atomic E-state index is 0.213. The number of aryl methyl sites for hydroxylation is 1. The first kappa shape index (κ1) is 26.0. The van der Waals surface area contributed by atoms with Crippen molar-refractivity contribution in [1.82, 2.24) is 39.3 Å². The number of fused-ring (bicyclic) bond motifs is 1. The zero-order chi connectivity index (χ0) is 26.7. The first-order valence-corrected chi connectivity index (χ1v) is 13.1. The fourth-order valence-electron chi connectivity index (χ4n) is 4.61. The van der Waals surface area contributed by atoms with Gasteiger partial charge in [0.25, 0.3) is 0 Å². The van der Waals surface area contributed by atoms with Crippen molar-refractivity contribution in [3.63, 3.8) is 0 Å². The molecule has 13 nitrogen and oxygen atoms in total. The second kappa shape index (κ2) is 11.0. The second-order valence-electron chi connectivity index (χ2n) is 10.6. The van der Waals surface area contributed by atoms with Crippen LogP contribution in [0.15, 0.2) is 18.7 Å². The quantitative estimate of drug-likeness (QED) is 0.503. The average Bonchev–Trinajstić information content (AvgIpc) is 3.31. The van der Waals surface area contributed by atoms with E-state index < -0.39 is 5.60 Å². The van der Waals surface area contributed by atoms with E-state index >= 15 is 0 Å². The third-order valence-corrected chi connectivity index (χ3v) is 6.59. The lowest BCUT2D eigenvalue weighted by Crippen LogP contribution is -2.50. The maximum atomic E-state index is 12.3. The van der Waals surface area contributed by atoms with E-state index in [4.69, 9.17) is 25.2 Å². The molecule has 0 unspecified atom stereocenters. The molecule has 1 amide bonds. The molecule has 3 aromatic heterocycles. The number of aromatic nitrogens is 6. The van der Waals surface area contributed by atoms with Gasteiger partial charge in [0.15, 0.2) is 5.65 Å². The van der Waals surface area contributed by atoms with Crippen LogP contribution in [0.5, 0.6) is 0 Å². The van der Waals surface area contributed by atoms with Crippen molar-refractivity contribution in [2.75, 3.05) is 69.7 Å². The number of ether oxygens (including phenoxy) is 2. The maximum absolute atomic E-state index is 12.3. The van der Waals surface area contributed by atoms with Crippen LogP contribution in [-0.2, 0) is 16.0 Å². The molecule has 0 aromatic carbocycles. The summed E-state index contributed by atoms with van der Waals surface area (Å²) in [6.45, 7) is 13.1. The van der Waals surface area contributed by atoms with E-state index in [0.717, 1.165) is 56.9 Å². The standard InChI is InChI=1S/C25H36N10O3/c1-25(2,3)38-24(36)34-9-7-32(8-10-34)5-4-6-35-17-29-20-19(18-15-27-22(26)28-16-18)30-23(31-21(20)35)33-11-13-37-14-12-33/h15-17H,4-14H2,1-3H3,(H2,26,27,28). The Bertz CT molecular complexity index is 1240. The number of carbonyl (C=O) groups excluding carboxylic acids is 1. The molecule has 2 aliphatic heterocycles. The highest BCUT2D eigenvalue weighted by Crippen LogP contribution is 2.27. The number of imidazole rings is 1. The Labute approximate surface area is 222 Å². The summed E-state index contributed by atoms with van der Waals surface area (Å²) in [5.74, 6) is 0.859. The largest absolute Gasteiger partial charge is 0.444 e. The van der Waals surface area contributed by atoms with Gasteiger partial charge in [-0.05, 0) is 33.7 Å². The molecule has 5 heterocycles. The van der Waals surface area contributed by atoms with Crippen molar-refractivity contribution in [3.8, 4) is 11.3 Å². The second-order valence-corrected chi connectivity index (χ2v) is 10.6. The smallest absolute Gasteiger partial charge is 0.410 e. The van der Waals surface area contributed by atoms with Crippen LogP contribution in [0.4, 0.5) is 16.7 Å². The molecule has 2 N–H and O–H groups in total. The van der Waals surface area contributed by atoms with E-state index in [1.165, 1.54) is 0 Å². The van der Waals surface area contributed by atoms with Crippen LogP contribution in [0.25, 0.3) is 22.4 Å². The Balaban J connectivity index is 1.27. The molecule has 204 valence electrons. The fraction of sp³-hybridized carbons (Fsp3) is 0.600. The van der Waals surface area contributed by atoms with Crippen molar-refractivity contribution in [2.45, 2.75) is 39.3 Å². The van der Waals surface area contributed by atoms with Gasteiger partial charge >= 0.3 is 6.09 Å². The zero-order valence-corrected chi connectivity index (χ0v) is 22.3. The third-order valence-electron chi connectivity index (χ3n) is 6.59. The van der Waals surface area contributed by atoms with Crippen LogP contribution in [-0.4, -0.2) is 110 Å². The molecule has 13 heteroatoms. The lowest BCUT2D eigenvalue weighted by atomic mass is 10.2. The first-order valence-electron chi connectivity index (χ1n) is 13.1. The summed E-state index contributed by atoms with van der Waals surface area (Å²) in [5.41, 5.74) is 8.15. The highest BCUT2D eigenvalue weighted by molar-refractivity contribution is 5.88. The van der Waals surface area contributed by atoms with Crippen molar-refractivity contribution in [2.24, 2.45) is 0 Å². The molecule has 0 bridgehead atoms. The Morgan fingerprint density at radius 3 is 2.39 bits per heavy atom. The number of morpholine rings is 1. The zero-order valence-electron chi connectivity index (χ0n) is 22.3.